The third-order valence-corrected chi connectivity index (χ3v) is 5.04. The molecule has 0 spiro atoms. The first-order chi connectivity index (χ1) is 13.5. The van der Waals surface area contributed by atoms with Gasteiger partial charge in [0.15, 0.2) is 11.6 Å². The van der Waals surface area contributed by atoms with Crippen molar-refractivity contribution in [2.24, 2.45) is 5.92 Å². The van der Waals surface area contributed by atoms with Crippen molar-refractivity contribution in [3.63, 3.8) is 0 Å². The molecule has 2 nitrogen and oxygen atoms in total. The molecule has 150 valence electrons. The average Bonchev–Trinajstić information content (AvgIpc) is 2.70. The second kappa shape index (κ2) is 9.39. The van der Waals surface area contributed by atoms with Gasteiger partial charge in [0.25, 0.3) is 0 Å². The second-order valence-electron chi connectivity index (χ2n) is 6.99. The van der Waals surface area contributed by atoms with Crippen molar-refractivity contribution >= 4 is 6.08 Å². The summed E-state index contributed by atoms with van der Waals surface area (Å²) < 4.78 is 54.6. The van der Waals surface area contributed by atoms with Crippen LogP contribution in [0.2, 0.25) is 0 Å². The minimum absolute atomic E-state index is 0.0394. The Morgan fingerprint density at radius 1 is 1.11 bits per heavy atom. The predicted molar refractivity (Wildman–Crippen MR) is 104 cm³/mol. The van der Waals surface area contributed by atoms with Gasteiger partial charge in [-0.3, -0.25) is 0 Å². The van der Waals surface area contributed by atoms with Gasteiger partial charge >= 0.3 is 0 Å². The molecule has 0 aliphatic carbocycles. The van der Waals surface area contributed by atoms with E-state index < -0.39 is 17.5 Å². The van der Waals surface area contributed by atoms with Gasteiger partial charge in [-0.15, -0.1) is 0 Å². The third kappa shape index (κ3) is 4.47. The standard InChI is InChI=1S/C23H25F3O2/c1-3-5-16-7-9-18(23(26)22(16)25)17-8-10-19(20(24)12-17)21-11-6-15(14-28-21)13-27-4-2/h3,5,7-10,12,15,21H,4,6,11,13-14H2,1-2H3/b5-3+. The summed E-state index contributed by atoms with van der Waals surface area (Å²) in [6, 6.07) is 7.43. The molecule has 0 radical (unpaired) electrons. The lowest BCUT2D eigenvalue weighted by molar-refractivity contribution is -0.0433. The van der Waals surface area contributed by atoms with E-state index in [-0.39, 0.29) is 17.2 Å². The fraction of sp³-hybridized carbons (Fsp3) is 0.391. The van der Waals surface area contributed by atoms with Crippen molar-refractivity contribution in [3.8, 4) is 11.1 Å². The number of benzene rings is 2. The van der Waals surface area contributed by atoms with Crippen LogP contribution in [0.5, 0.6) is 0 Å². The van der Waals surface area contributed by atoms with Crippen LogP contribution in [0.4, 0.5) is 13.2 Å². The van der Waals surface area contributed by atoms with Crippen LogP contribution in [-0.4, -0.2) is 19.8 Å². The molecule has 1 aliphatic heterocycles. The summed E-state index contributed by atoms with van der Waals surface area (Å²) in [5.41, 5.74) is 0.954. The predicted octanol–water partition coefficient (Wildman–Crippen LogP) is 6.31. The number of hydrogen-bond acceptors (Lipinski definition) is 2. The zero-order valence-electron chi connectivity index (χ0n) is 16.2. The largest absolute Gasteiger partial charge is 0.381 e. The molecule has 1 aliphatic rings. The number of rotatable bonds is 6. The Morgan fingerprint density at radius 2 is 1.93 bits per heavy atom. The molecule has 2 unspecified atom stereocenters. The molecule has 5 heteroatoms. The van der Waals surface area contributed by atoms with Gasteiger partial charge in [-0.2, -0.15) is 0 Å². The first kappa shape index (κ1) is 20.6. The highest BCUT2D eigenvalue weighted by Crippen LogP contribution is 2.35. The molecule has 28 heavy (non-hydrogen) atoms. The van der Waals surface area contributed by atoms with Crippen LogP contribution in [0.3, 0.4) is 0 Å². The summed E-state index contributed by atoms with van der Waals surface area (Å²) in [4.78, 5) is 0. The first-order valence-electron chi connectivity index (χ1n) is 9.65. The van der Waals surface area contributed by atoms with Crippen molar-refractivity contribution in [3.05, 3.63) is 65.0 Å². The van der Waals surface area contributed by atoms with E-state index in [4.69, 9.17) is 9.47 Å². The summed E-state index contributed by atoms with van der Waals surface area (Å²) in [6.45, 7) is 5.53. The smallest absolute Gasteiger partial charge is 0.167 e. The van der Waals surface area contributed by atoms with E-state index in [0.717, 1.165) is 6.42 Å². The third-order valence-electron chi connectivity index (χ3n) is 5.04. The second-order valence-corrected chi connectivity index (χ2v) is 6.99. The van der Waals surface area contributed by atoms with Crippen molar-refractivity contribution in [2.75, 3.05) is 19.8 Å². The maximum absolute atomic E-state index is 14.7. The molecule has 1 saturated heterocycles. The van der Waals surface area contributed by atoms with Gasteiger partial charge in [0.05, 0.1) is 19.3 Å². The molecule has 3 rings (SSSR count). The molecule has 0 amide bonds. The molecular weight excluding hydrogens is 365 g/mol. The summed E-state index contributed by atoms with van der Waals surface area (Å²) >= 11 is 0. The molecule has 0 saturated carbocycles. The minimum Gasteiger partial charge on any atom is -0.381 e. The quantitative estimate of drug-likeness (QED) is 0.576. The lowest BCUT2D eigenvalue weighted by Crippen LogP contribution is -2.24. The molecule has 0 N–H and O–H groups in total. The van der Waals surface area contributed by atoms with Crippen LogP contribution in [0.25, 0.3) is 17.2 Å². The van der Waals surface area contributed by atoms with Crippen LogP contribution >= 0.6 is 0 Å². The summed E-state index contributed by atoms with van der Waals surface area (Å²) in [5.74, 6) is -2.05. The zero-order valence-corrected chi connectivity index (χ0v) is 16.2. The van der Waals surface area contributed by atoms with E-state index in [1.54, 1.807) is 25.1 Å². The molecule has 2 aromatic carbocycles. The van der Waals surface area contributed by atoms with E-state index in [9.17, 15) is 13.2 Å². The number of ether oxygens (including phenoxy) is 2. The van der Waals surface area contributed by atoms with Crippen LogP contribution in [0.1, 0.15) is 43.9 Å². The Morgan fingerprint density at radius 3 is 2.57 bits per heavy atom. The number of halogens is 3. The Balaban J connectivity index is 1.77. The highest BCUT2D eigenvalue weighted by Gasteiger charge is 2.25. The molecule has 0 bridgehead atoms. The van der Waals surface area contributed by atoms with Gasteiger partial charge < -0.3 is 9.47 Å². The van der Waals surface area contributed by atoms with Crippen LogP contribution < -0.4 is 0 Å². The number of hydrogen-bond donors (Lipinski definition) is 0. The average molecular weight is 390 g/mol. The number of allylic oxidation sites excluding steroid dienone is 1. The van der Waals surface area contributed by atoms with E-state index in [0.29, 0.717) is 43.3 Å². The normalized spacial score (nSPS) is 20.0. The van der Waals surface area contributed by atoms with E-state index in [2.05, 4.69) is 0 Å². The Labute approximate surface area is 164 Å². The maximum Gasteiger partial charge on any atom is 0.167 e. The lowest BCUT2D eigenvalue weighted by atomic mass is 9.93. The van der Waals surface area contributed by atoms with E-state index in [1.165, 1.54) is 24.3 Å². The fourth-order valence-corrected chi connectivity index (χ4v) is 3.52. The van der Waals surface area contributed by atoms with Crippen molar-refractivity contribution in [1.29, 1.82) is 0 Å². The Kier molecular flexibility index (Phi) is 6.92. The van der Waals surface area contributed by atoms with Crippen molar-refractivity contribution < 1.29 is 22.6 Å². The topological polar surface area (TPSA) is 18.5 Å². The van der Waals surface area contributed by atoms with Crippen LogP contribution in [0, 0.1) is 23.4 Å². The van der Waals surface area contributed by atoms with Crippen LogP contribution in [-0.2, 0) is 9.47 Å². The Bertz CT molecular complexity index is 840. The van der Waals surface area contributed by atoms with Gasteiger partial charge in [0, 0.05) is 29.2 Å². The summed E-state index contributed by atoms with van der Waals surface area (Å²) in [5, 5.41) is 0. The van der Waals surface area contributed by atoms with Crippen molar-refractivity contribution in [1.82, 2.24) is 0 Å². The summed E-state index contributed by atoms with van der Waals surface area (Å²) in [6.07, 6.45) is 4.40. The fourth-order valence-electron chi connectivity index (χ4n) is 3.52. The SMILES string of the molecule is C/C=C/c1ccc(-c2ccc(C3CCC(COCC)CO3)c(F)c2)c(F)c1F. The zero-order chi connectivity index (χ0) is 20.1. The minimum atomic E-state index is -0.976. The molecular formula is C23H25F3O2. The maximum atomic E-state index is 14.7. The van der Waals surface area contributed by atoms with Gasteiger partial charge in [-0.25, -0.2) is 13.2 Å². The monoisotopic (exact) mass is 390 g/mol. The van der Waals surface area contributed by atoms with Crippen molar-refractivity contribution in [2.45, 2.75) is 32.8 Å². The molecule has 2 aromatic rings. The molecule has 1 heterocycles. The van der Waals surface area contributed by atoms with Gasteiger partial charge in [0.2, 0.25) is 0 Å². The Hall–Kier alpha value is -2.11. The highest BCUT2D eigenvalue weighted by atomic mass is 19.2. The van der Waals surface area contributed by atoms with Crippen LogP contribution in [0.15, 0.2) is 36.4 Å². The van der Waals surface area contributed by atoms with Gasteiger partial charge in [-0.1, -0.05) is 36.4 Å². The van der Waals surface area contributed by atoms with Gasteiger partial charge in [0.1, 0.15) is 5.82 Å². The molecule has 2 atom stereocenters. The summed E-state index contributed by atoms with van der Waals surface area (Å²) in [7, 11) is 0. The lowest BCUT2D eigenvalue weighted by Gasteiger charge is -2.29. The van der Waals surface area contributed by atoms with Gasteiger partial charge in [-0.05, 0) is 38.3 Å². The van der Waals surface area contributed by atoms with E-state index in [1.807, 2.05) is 6.92 Å². The highest BCUT2D eigenvalue weighted by molar-refractivity contribution is 5.67. The van der Waals surface area contributed by atoms with E-state index >= 15 is 0 Å². The molecule has 0 aromatic heterocycles. The first-order valence-corrected chi connectivity index (χ1v) is 9.65. The molecule has 1 fully saturated rings.